The van der Waals surface area contributed by atoms with Gasteiger partial charge in [-0.1, -0.05) is 62.1 Å². The van der Waals surface area contributed by atoms with E-state index in [9.17, 15) is 36.7 Å². The van der Waals surface area contributed by atoms with Gasteiger partial charge in [-0.05, 0) is 86.5 Å². The fourth-order valence-corrected chi connectivity index (χ4v) is 6.25. The van der Waals surface area contributed by atoms with Crippen LogP contribution in [0, 0.1) is 69.6 Å². The Balaban J connectivity index is 0. The molecule has 4 rings (SSSR count). The Kier molecular flexibility index (Phi) is 21.9. The Morgan fingerprint density at radius 2 is 1.33 bits per heavy atom. The Hall–Kier alpha value is -4.23. The quantitative estimate of drug-likeness (QED) is 0.0572. The number of hydroxylamine groups is 2. The van der Waals surface area contributed by atoms with Gasteiger partial charge in [0.15, 0.2) is 17.5 Å². The van der Waals surface area contributed by atoms with Crippen molar-refractivity contribution in [1.82, 2.24) is 15.7 Å². The van der Waals surface area contributed by atoms with E-state index in [0.717, 1.165) is 17.8 Å². The first kappa shape index (κ1) is 58.9. The SMILES string of the molecule is C.C#CC(C)(C)C.C=C1CCC(=O)N1OC(=O)C(C)(C)C.C=C1NC2CSC(C(C)(C)C)C2N1.CC(C)(C)C(N)C(=O)O.Cc1c(F)c(F)c(F)c(OC(=O)C(C)(C)C)c1F. The Labute approximate surface area is 366 Å². The highest BCUT2D eigenvalue weighted by Gasteiger charge is 2.46. The number of hydrogen-bond acceptors (Lipinski definition) is 10. The van der Waals surface area contributed by atoms with Crippen molar-refractivity contribution in [2.45, 2.75) is 154 Å². The molecular formula is C45H72F4N4O7S. The maximum absolute atomic E-state index is 13.5. The largest absolute Gasteiger partial charge is 0.480 e. The standard InChI is InChI=1S/C12H12F4O2.C10H18N2S.C10H15NO3.C6H13NO2.C6H10.CH4/c1-5-6(13)8(15)9(16)10(7(5)14)18-11(17)12(2,3)4;1-6-11-7-5-13-9(8(7)12-6)10(2,3)4;1-7-5-6-8(12)11(7)14-9(13)10(2,3)4;1-6(2,3)4(7)5(8)9;1-5-6(2,3)4;/h1-4H3;7-9,11-12H,1,5H2,2-4H3;1,5-6H2,2-4H3;4H,7H2,1-3H3,(H,8,9);1H,2-4H3;1H4. The minimum atomic E-state index is -1.87. The Morgan fingerprint density at radius 1 is 0.852 bits per heavy atom. The molecule has 3 aliphatic rings. The molecule has 3 aliphatic heterocycles. The predicted molar refractivity (Wildman–Crippen MR) is 236 cm³/mol. The topological polar surface area (TPSA) is 160 Å². The lowest BCUT2D eigenvalue weighted by atomic mass is 9.86. The number of fused-ring (bicyclic) bond motifs is 1. The highest BCUT2D eigenvalue weighted by atomic mass is 32.2. The van der Waals surface area contributed by atoms with Gasteiger partial charge in [-0.3, -0.25) is 14.4 Å². The number of carbonyl (C=O) groups is 4. The summed E-state index contributed by atoms with van der Waals surface area (Å²) in [5.41, 5.74) is 3.57. The molecule has 4 unspecified atom stereocenters. The summed E-state index contributed by atoms with van der Waals surface area (Å²) in [6.45, 7) is 36.4. The van der Waals surface area contributed by atoms with Crippen molar-refractivity contribution in [3.8, 4) is 18.1 Å². The van der Waals surface area contributed by atoms with Crippen molar-refractivity contribution in [2.24, 2.45) is 32.8 Å². The maximum Gasteiger partial charge on any atom is 0.338 e. The number of amides is 1. The number of nitrogens with two attached hydrogens (primary N) is 1. The number of hydrogen-bond donors (Lipinski definition) is 4. The molecule has 0 bridgehead atoms. The zero-order valence-corrected chi connectivity index (χ0v) is 39.1. The van der Waals surface area contributed by atoms with Gasteiger partial charge in [0.1, 0.15) is 6.04 Å². The molecule has 0 spiro atoms. The van der Waals surface area contributed by atoms with Crippen molar-refractivity contribution in [3.63, 3.8) is 0 Å². The molecule has 1 aromatic rings. The maximum atomic E-state index is 13.5. The summed E-state index contributed by atoms with van der Waals surface area (Å²) in [6, 6.07) is 0.414. The van der Waals surface area contributed by atoms with Crippen molar-refractivity contribution < 1.29 is 51.4 Å². The molecule has 0 radical (unpaired) electrons. The van der Waals surface area contributed by atoms with Gasteiger partial charge < -0.3 is 31.0 Å². The molecule has 11 nitrogen and oxygen atoms in total. The van der Waals surface area contributed by atoms with Crippen LogP contribution in [0.3, 0.4) is 0 Å². The normalized spacial score (nSPS) is 18.9. The zero-order chi connectivity index (χ0) is 47.7. The third kappa shape index (κ3) is 18.7. The number of benzene rings is 1. The molecule has 3 saturated heterocycles. The molecule has 0 aromatic heterocycles. The number of halogens is 4. The van der Waals surface area contributed by atoms with Crippen LogP contribution in [0.15, 0.2) is 24.7 Å². The number of carboxylic acid groups (broad SMARTS) is 1. The summed E-state index contributed by atoms with van der Waals surface area (Å²) in [7, 11) is 0. The van der Waals surface area contributed by atoms with Gasteiger partial charge in [0.25, 0.3) is 5.91 Å². The molecule has 1 aromatic carbocycles. The zero-order valence-electron chi connectivity index (χ0n) is 38.3. The summed E-state index contributed by atoms with van der Waals surface area (Å²) < 4.78 is 57.4. The average Bonchev–Trinajstić information content (AvgIpc) is 3.76. The average molecular weight is 889 g/mol. The molecule has 5 N–H and O–H groups in total. The Bertz CT molecular complexity index is 1730. The molecule has 4 atom stereocenters. The number of nitrogens with zero attached hydrogens (tertiary/aromatic N) is 1. The fraction of sp³-hybridized carbons (Fsp3) is 0.644. The van der Waals surface area contributed by atoms with E-state index in [1.54, 1.807) is 41.5 Å². The molecular weight excluding hydrogens is 817 g/mol. The lowest BCUT2D eigenvalue weighted by molar-refractivity contribution is -0.194. The predicted octanol–water partition coefficient (Wildman–Crippen LogP) is 9.43. The van der Waals surface area contributed by atoms with Crippen LogP contribution in [0.4, 0.5) is 17.6 Å². The first-order chi connectivity index (χ1) is 26.8. The second-order valence-electron chi connectivity index (χ2n) is 19.8. The van der Waals surface area contributed by atoms with Crippen molar-refractivity contribution >= 4 is 35.6 Å². The summed E-state index contributed by atoms with van der Waals surface area (Å²) >= 11 is 2.08. The van der Waals surface area contributed by atoms with Gasteiger partial charge in [-0.2, -0.15) is 16.2 Å². The van der Waals surface area contributed by atoms with Gasteiger partial charge in [-0.15, -0.1) is 17.4 Å². The molecule has 0 aliphatic carbocycles. The number of carbonyl (C=O) groups excluding carboxylic acids is 3. The van der Waals surface area contributed by atoms with Crippen LogP contribution in [0.5, 0.6) is 5.75 Å². The van der Waals surface area contributed by atoms with Gasteiger partial charge >= 0.3 is 17.9 Å². The van der Waals surface area contributed by atoms with Crippen molar-refractivity contribution in [2.75, 3.05) is 5.75 Å². The van der Waals surface area contributed by atoms with Crippen LogP contribution in [0.1, 0.15) is 130 Å². The van der Waals surface area contributed by atoms with Gasteiger partial charge in [0, 0.05) is 28.4 Å². The summed E-state index contributed by atoms with van der Waals surface area (Å²) in [6.07, 6.45) is 5.99. The van der Waals surface area contributed by atoms with E-state index in [1.807, 2.05) is 20.8 Å². The number of thioether (sulfide) groups is 1. The third-order valence-electron chi connectivity index (χ3n) is 8.58. The smallest absolute Gasteiger partial charge is 0.338 e. The number of nitrogens with one attached hydrogen (secondary N) is 2. The molecule has 0 saturated carbocycles. The van der Waals surface area contributed by atoms with E-state index in [0.29, 0.717) is 41.3 Å². The minimum Gasteiger partial charge on any atom is -0.480 e. The fourth-order valence-electron chi connectivity index (χ4n) is 4.58. The van der Waals surface area contributed by atoms with E-state index in [4.69, 9.17) is 22.1 Å². The number of aliphatic carboxylic acids is 1. The molecule has 3 heterocycles. The van der Waals surface area contributed by atoms with E-state index in [2.05, 4.69) is 67.0 Å². The van der Waals surface area contributed by atoms with Gasteiger partial charge in [0.2, 0.25) is 11.6 Å². The van der Waals surface area contributed by atoms with E-state index in [-0.39, 0.29) is 24.2 Å². The van der Waals surface area contributed by atoms with E-state index >= 15 is 0 Å². The van der Waals surface area contributed by atoms with Gasteiger partial charge in [0.05, 0.1) is 34.4 Å². The lowest BCUT2D eigenvalue weighted by Crippen LogP contribution is -2.42. The number of terminal acetylenes is 1. The van der Waals surface area contributed by atoms with Crippen molar-refractivity contribution in [1.29, 1.82) is 0 Å². The molecule has 348 valence electrons. The van der Waals surface area contributed by atoms with Crippen molar-refractivity contribution in [3.05, 3.63) is 53.5 Å². The number of rotatable bonds is 3. The first-order valence-electron chi connectivity index (χ1n) is 19.4. The molecule has 1 amide bonds. The highest BCUT2D eigenvalue weighted by Crippen LogP contribution is 2.41. The second-order valence-corrected chi connectivity index (χ2v) is 21.0. The minimum absolute atomic E-state index is 0. The second kappa shape index (κ2) is 22.7. The molecule has 3 fully saturated rings. The van der Waals surface area contributed by atoms with Crippen LogP contribution in [-0.2, 0) is 24.0 Å². The van der Waals surface area contributed by atoms with E-state index < -0.39 is 69.4 Å². The summed E-state index contributed by atoms with van der Waals surface area (Å²) in [4.78, 5) is 49.3. The van der Waals surface area contributed by atoms with Crippen LogP contribution in [0.25, 0.3) is 0 Å². The number of esters is 1. The third-order valence-corrected chi connectivity index (χ3v) is 10.5. The number of ether oxygens (including phenoxy) is 1. The molecule has 61 heavy (non-hydrogen) atoms. The number of allylic oxidation sites excluding steroid dienone is 1. The van der Waals surface area contributed by atoms with Gasteiger partial charge in [-0.25, -0.2) is 18.0 Å². The first-order valence-corrected chi connectivity index (χ1v) is 20.4. The van der Waals surface area contributed by atoms with Crippen LogP contribution in [0.2, 0.25) is 0 Å². The lowest BCUT2D eigenvalue weighted by Gasteiger charge is -2.30. The monoisotopic (exact) mass is 889 g/mol. The van der Waals surface area contributed by atoms with Crippen LogP contribution in [-0.4, -0.2) is 63.1 Å². The molecule has 16 heteroatoms. The van der Waals surface area contributed by atoms with Crippen LogP contribution >= 0.6 is 11.8 Å². The summed E-state index contributed by atoms with van der Waals surface area (Å²) in [5, 5.41) is 16.9. The summed E-state index contributed by atoms with van der Waals surface area (Å²) in [5.74, 6) is -5.71. The number of carboxylic acids is 1. The van der Waals surface area contributed by atoms with Crippen LogP contribution < -0.4 is 21.1 Å². The van der Waals surface area contributed by atoms with E-state index in [1.165, 1.54) is 26.5 Å². The Morgan fingerprint density at radius 3 is 1.67 bits per heavy atom. The highest BCUT2D eigenvalue weighted by molar-refractivity contribution is 8.00.